The highest BCUT2D eigenvalue weighted by atomic mass is 16.3. The molecule has 1 aromatic rings. The Labute approximate surface area is 107 Å². The molecule has 0 heterocycles. The minimum Gasteiger partial charge on any atom is -0.504 e. The SMILES string of the molecule is Oc1ccc(CNCC2CCC(O)CC2)cc1O. The molecule has 1 fully saturated rings. The number of phenols is 2. The fraction of sp³-hybridized carbons (Fsp3) is 0.571. The molecular weight excluding hydrogens is 230 g/mol. The Morgan fingerprint density at radius 1 is 1.06 bits per heavy atom. The Morgan fingerprint density at radius 2 is 1.78 bits per heavy atom. The molecule has 4 N–H and O–H groups in total. The average Bonchev–Trinajstić information content (AvgIpc) is 2.36. The van der Waals surface area contributed by atoms with Crippen molar-refractivity contribution in [3.8, 4) is 11.5 Å². The maximum Gasteiger partial charge on any atom is 0.157 e. The van der Waals surface area contributed by atoms with Crippen LogP contribution in [0.5, 0.6) is 11.5 Å². The lowest BCUT2D eigenvalue weighted by atomic mass is 9.87. The van der Waals surface area contributed by atoms with Gasteiger partial charge in [-0.3, -0.25) is 0 Å². The fourth-order valence-corrected chi connectivity index (χ4v) is 2.45. The highest BCUT2D eigenvalue weighted by molar-refractivity contribution is 5.40. The van der Waals surface area contributed by atoms with Gasteiger partial charge in [0.25, 0.3) is 0 Å². The summed E-state index contributed by atoms with van der Waals surface area (Å²) in [5.41, 5.74) is 0.959. The van der Waals surface area contributed by atoms with Crippen LogP contribution in [0.2, 0.25) is 0 Å². The Hall–Kier alpha value is -1.26. The summed E-state index contributed by atoms with van der Waals surface area (Å²) < 4.78 is 0. The smallest absolute Gasteiger partial charge is 0.157 e. The molecule has 1 aromatic carbocycles. The number of hydrogen-bond acceptors (Lipinski definition) is 4. The van der Waals surface area contributed by atoms with Gasteiger partial charge in [0.2, 0.25) is 0 Å². The molecule has 0 aliphatic heterocycles. The standard InChI is InChI=1S/C14H21NO3/c16-12-4-1-10(2-5-12)8-15-9-11-3-6-13(17)14(18)7-11/h3,6-7,10,12,15-18H,1-2,4-5,8-9H2. The topological polar surface area (TPSA) is 72.7 Å². The van der Waals surface area contributed by atoms with Crippen LogP contribution in [0.25, 0.3) is 0 Å². The lowest BCUT2D eigenvalue weighted by molar-refractivity contribution is 0.108. The van der Waals surface area contributed by atoms with Crippen LogP contribution in [-0.2, 0) is 6.54 Å². The van der Waals surface area contributed by atoms with Crippen molar-refractivity contribution in [2.75, 3.05) is 6.54 Å². The third kappa shape index (κ3) is 3.62. The number of aromatic hydroxyl groups is 2. The van der Waals surface area contributed by atoms with Gasteiger partial charge in [-0.15, -0.1) is 0 Å². The van der Waals surface area contributed by atoms with E-state index in [2.05, 4.69) is 5.32 Å². The van der Waals surface area contributed by atoms with E-state index in [9.17, 15) is 15.3 Å². The van der Waals surface area contributed by atoms with Crippen molar-refractivity contribution in [3.63, 3.8) is 0 Å². The van der Waals surface area contributed by atoms with Crippen LogP contribution in [0.3, 0.4) is 0 Å². The van der Waals surface area contributed by atoms with E-state index in [1.54, 1.807) is 12.1 Å². The first-order valence-electron chi connectivity index (χ1n) is 6.55. The van der Waals surface area contributed by atoms with E-state index in [1.165, 1.54) is 6.07 Å². The maximum atomic E-state index is 9.42. The zero-order chi connectivity index (χ0) is 13.0. The van der Waals surface area contributed by atoms with Crippen LogP contribution < -0.4 is 5.32 Å². The second-order valence-corrected chi connectivity index (χ2v) is 5.13. The van der Waals surface area contributed by atoms with E-state index >= 15 is 0 Å². The summed E-state index contributed by atoms with van der Waals surface area (Å²) >= 11 is 0. The summed E-state index contributed by atoms with van der Waals surface area (Å²) in [6.07, 6.45) is 3.87. The molecule has 0 bridgehead atoms. The predicted molar refractivity (Wildman–Crippen MR) is 69.4 cm³/mol. The summed E-state index contributed by atoms with van der Waals surface area (Å²) in [6, 6.07) is 4.88. The van der Waals surface area contributed by atoms with Crippen molar-refractivity contribution >= 4 is 0 Å². The summed E-state index contributed by atoms with van der Waals surface area (Å²) in [4.78, 5) is 0. The van der Waals surface area contributed by atoms with Gasteiger partial charge >= 0.3 is 0 Å². The van der Waals surface area contributed by atoms with Crippen molar-refractivity contribution in [3.05, 3.63) is 23.8 Å². The van der Waals surface area contributed by atoms with E-state index in [1.807, 2.05) is 0 Å². The van der Waals surface area contributed by atoms with Crippen LogP contribution in [0.15, 0.2) is 18.2 Å². The quantitative estimate of drug-likeness (QED) is 0.615. The lowest BCUT2D eigenvalue weighted by Gasteiger charge is -2.25. The molecule has 0 amide bonds. The third-order valence-corrected chi connectivity index (χ3v) is 3.62. The van der Waals surface area contributed by atoms with Crippen LogP contribution in [-0.4, -0.2) is 28.0 Å². The fourth-order valence-electron chi connectivity index (χ4n) is 2.45. The molecular formula is C14H21NO3. The zero-order valence-corrected chi connectivity index (χ0v) is 10.5. The molecule has 0 radical (unpaired) electrons. The normalized spacial score (nSPS) is 24.1. The number of phenolic OH excluding ortho intramolecular Hbond substituents is 2. The van der Waals surface area contributed by atoms with Crippen LogP contribution in [0.4, 0.5) is 0 Å². The van der Waals surface area contributed by atoms with Gasteiger partial charge in [-0.05, 0) is 55.8 Å². The summed E-state index contributed by atoms with van der Waals surface area (Å²) in [5, 5.41) is 31.3. The molecule has 0 unspecified atom stereocenters. The Morgan fingerprint density at radius 3 is 2.44 bits per heavy atom. The predicted octanol–water partition coefficient (Wildman–Crippen LogP) is 1.74. The molecule has 0 saturated heterocycles. The Balaban J connectivity index is 1.73. The number of aliphatic hydroxyl groups excluding tert-OH is 1. The average molecular weight is 251 g/mol. The van der Waals surface area contributed by atoms with Gasteiger partial charge in [0.1, 0.15) is 0 Å². The molecule has 1 saturated carbocycles. The van der Waals surface area contributed by atoms with Gasteiger partial charge < -0.3 is 20.6 Å². The maximum absolute atomic E-state index is 9.42. The first kappa shape index (κ1) is 13.2. The van der Waals surface area contributed by atoms with Crippen molar-refractivity contribution in [1.82, 2.24) is 5.32 Å². The molecule has 2 rings (SSSR count). The minimum absolute atomic E-state index is 0.0740. The van der Waals surface area contributed by atoms with Gasteiger partial charge in [-0.1, -0.05) is 6.07 Å². The summed E-state index contributed by atoms with van der Waals surface area (Å²) in [5.74, 6) is 0.481. The minimum atomic E-state index is -0.102. The van der Waals surface area contributed by atoms with E-state index in [0.717, 1.165) is 37.8 Å². The highest BCUT2D eigenvalue weighted by Crippen LogP contribution is 2.25. The zero-order valence-electron chi connectivity index (χ0n) is 10.5. The molecule has 0 aromatic heterocycles. The largest absolute Gasteiger partial charge is 0.504 e. The van der Waals surface area contributed by atoms with Gasteiger partial charge in [0.15, 0.2) is 11.5 Å². The van der Waals surface area contributed by atoms with E-state index in [0.29, 0.717) is 12.5 Å². The van der Waals surface area contributed by atoms with Gasteiger partial charge in [-0.25, -0.2) is 0 Å². The number of aliphatic hydroxyl groups is 1. The molecule has 4 nitrogen and oxygen atoms in total. The van der Waals surface area contributed by atoms with Gasteiger partial charge in [0, 0.05) is 6.54 Å². The second-order valence-electron chi connectivity index (χ2n) is 5.13. The molecule has 0 atom stereocenters. The Bertz CT molecular complexity index is 387. The summed E-state index contributed by atoms with van der Waals surface area (Å²) in [7, 11) is 0. The molecule has 4 heteroatoms. The van der Waals surface area contributed by atoms with E-state index < -0.39 is 0 Å². The van der Waals surface area contributed by atoms with Crippen molar-refractivity contribution in [2.45, 2.75) is 38.3 Å². The van der Waals surface area contributed by atoms with Crippen molar-refractivity contribution in [1.29, 1.82) is 0 Å². The molecule has 1 aliphatic rings. The molecule has 1 aliphatic carbocycles. The molecule has 18 heavy (non-hydrogen) atoms. The van der Waals surface area contributed by atoms with Crippen LogP contribution in [0.1, 0.15) is 31.2 Å². The lowest BCUT2D eigenvalue weighted by Crippen LogP contribution is -2.27. The van der Waals surface area contributed by atoms with E-state index in [-0.39, 0.29) is 17.6 Å². The Kier molecular flexibility index (Phi) is 4.44. The molecule has 100 valence electrons. The summed E-state index contributed by atoms with van der Waals surface area (Å²) in [6.45, 7) is 1.63. The molecule has 0 spiro atoms. The number of benzene rings is 1. The van der Waals surface area contributed by atoms with E-state index in [4.69, 9.17) is 0 Å². The second kappa shape index (κ2) is 6.07. The highest BCUT2D eigenvalue weighted by Gasteiger charge is 2.18. The van der Waals surface area contributed by atoms with Gasteiger partial charge in [-0.2, -0.15) is 0 Å². The van der Waals surface area contributed by atoms with Crippen LogP contribution >= 0.6 is 0 Å². The number of rotatable bonds is 4. The monoisotopic (exact) mass is 251 g/mol. The number of nitrogens with one attached hydrogen (secondary N) is 1. The number of hydrogen-bond donors (Lipinski definition) is 4. The first-order valence-corrected chi connectivity index (χ1v) is 6.55. The first-order chi connectivity index (χ1) is 8.65. The van der Waals surface area contributed by atoms with Crippen LogP contribution in [0, 0.1) is 5.92 Å². The third-order valence-electron chi connectivity index (χ3n) is 3.62. The van der Waals surface area contributed by atoms with Crippen molar-refractivity contribution < 1.29 is 15.3 Å². The van der Waals surface area contributed by atoms with Gasteiger partial charge in [0.05, 0.1) is 6.10 Å². The van der Waals surface area contributed by atoms with Crippen molar-refractivity contribution in [2.24, 2.45) is 5.92 Å².